The van der Waals surface area contributed by atoms with E-state index in [2.05, 4.69) is 4.84 Å². The molecule has 0 saturated heterocycles. The summed E-state index contributed by atoms with van der Waals surface area (Å²) in [4.78, 5) is 2.22. The zero-order chi connectivity index (χ0) is 6.28. The Labute approximate surface area is 49.6 Å². The normalized spacial score (nSPS) is 7.71. The Hall–Kier alpha value is 0.210. The average molecular weight is 126 g/mol. The van der Waals surface area contributed by atoms with E-state index in [1.807, 2.05) is 0 Å². The standard InChI is InChI=1S/C3H8O.CH4ClN/c1-3(2)4;1-3-2/h3-4H,1-2H3;3H,1H3. The first-order chi connectivity index (χ1) is 3.15. The third-order valence-electron chi connectivity index (χ3n) is 0. The maximum Gasteiger partial charge on any atom is 0.0483 e. The minimum atomic E-state index is -0.167. The number of hydrogen-bond acceptors (Lipinski definition) is 2. The van der Waals surface area contributed by atoms with Gasteiger partial charge in [-0.1, -0.05) is 0 Å². The predicted molar refractivity (Wildman–Crippen MR) is 32.3 cm³/mol. The summed E-state index contributed by atoms with van der Waals surface area (Å²) in [5.41, 5.74) is 0. The molecule has 0 rings (SSSR count). The van der Waals surface area contributed by atoms with Crippen LogP contribution in [-0.2, 0) is 0 Å². The molecule has 2 nitrogen and oxygen atoms in total. The van der Waals surface area contributed by atoms with Crippen molar-refractivity contribution in [3.05, 3.63) is 0 Å². The van der Waals surface area contributed by atoms with Crippen LogP contribution in [0.5, 0.6) is 0 Å². The van der Waals surface area contributed by atoms with E-state index in [0.29, 0.717) is 0 Å². The molecule has 0 heterocycles. The molecule has 0 radical (unpaired) electrons. The van der Waals surface area contributed by atoms with Gasteiger partial charge < -0.3 is 5.11 Å². The van der Waals surface area contributed by atoms with Crippen LogP contribution in [0.25, 0.3) is 0 Å². The highest BCUT2D eigenvalue weighted by Crippen LogP contribution is 1.65. The summed E-state index contributed by atoms with van der Waals surface area (Å²) in [5, 5.41) is 8.06. The van der Waals surface area contributed by atoms with Crippen LogP contribution in [0.15, 0.2) is 0 Å². The van der Waals surface area contributed by atoms with Gasteiger partial charge in [-0.2, -0.15) is 0 Å². The van der Waals surface area contributed by atoms with Crippen molar-refractivity contribution in [1.82, 2.24) is 4.84 Å². The maximum atomic E-state index is 8.06. The molecule has 0 atom stereocenters. The lowest BCUT2D eigenvalue weighted by Gasteiger charge is -1.80. The minimum Gasteiger partial charge on any atom is -0.394 e. The molecule has 7 heavy (non-hydrogen) atoms. The first kappa shape index (κ1) is 10.2. The van der Waals surface area contributed by atoms with Gasteiger partial charge in [0.1, 0.15) is 0 Å². The zero-order valence-electron chi connectivity index (χ0n) is 4.90. The maximum absolute atomic E-state index is 8.06. The van der Waals surface area contributed by atoms with Crippen molar-refractivity contribution >= 4 is 11.8 Å². The molecule has 0 unspecified atom stereocenters. The van der Waals surface area contributed by atoms with Gasteiger partial charge in [0.05, 0.1) is 0 Å². The average Bonchev–Trinajstić information content (AvgIpc) is 1.33. The highest BCUT2D eigenvalue weighted by molar-refractivity contribution is 6.13. The van der Waals surface area contributed by atoms with E-state index < -0.39 is 0 Å². The molecular weight excluding hydrogens is 114 g/mol. The number of hydrogen-bond donors (Lipinski definition) is 2. The molecule has 0 bridgehead atoms. The lowest BCUT2D eigenvalue weighted by atomic mass is 10.5. The van der Waals surface area contributed by atoms with Gasteiger partial charge in [-0.15, -0.1) is 0 Å². The number of nitrogens with one attached hydrogen (secondary N) is 1. The van der Waals surface area contributed by atoms with E-state index in [4.69, 9.17) is 16.9 Å². The molecule has 2 N–H and O–H groups in total. The lowest BCUT2D eigenvalue weighted by molar-refractivity contribution is 0.216. The van der Waals surface area contributed by atoms with Crippen molar-refractivity contribution in [3.63, 3.8) is 0 Å². The van der Waals surface area contributed by atoms with E-state index in [-0.39, 0.29) is 6.10 Å². The molecule has 0 aliphatic carbocycles. The van der Waals surface area contributed by atoms with Crippen molar-refractivity contribution in [2.45, 2.75) is 20.0 Å². The highest BCUT2D eigenvalue weighted by Gasteiger charge is 1.69. The number of halogens is 1. The highest BCUT2D eigenvalue weighted by atomic mass is 35.5. The second-order valence-corrected chi connectivity index (χ2v) is 1.66. The van der Waals surface area contributed by atoms with Crippen molar-refractivity contribution in [2.75, 3.05) is 7.05 Å². The van der Waals surface area contributed by atoms with Crippen LogP contribution in [0.3, 0.4) is 0 Å². The minimum absolute atomic E-state index is 0.167. The summed E-state index contributed by atoms with van der Waals surface area (Å²) < 4.78 is 0. The van der Waals surface area contributed by atoms with E-state index in [1.54, 1.807) is 20.9 Å². The largest absolute Gasteiger partial charge is 0.394 e. The first-order valence-corrected chi connectivity index (χ1v) is 2.48. The summed E-state index contributed by atoms with van der Waals surface area (Å²) >= 11 is 4.75. The second-order valence-electron chi connectivity index (χ2n) is 1.28. The molecule has 0 aromatic heterocycles. The van der Waals surface area contributed by atoms with Crippen molar-refractivity contribution < 1.29 is 5.11 Å². The van der Waals surface area contributed by atoms with Crippen molar-refractivity contribution in [3.8, 4) is 0 Å². The molecule has 0 aromatic carbocycles. The summed E-state index contributed by atoms with van der Waals surface area (Å²) in [6, 6.07) is 0. The summed E-state index contributed by atoms with van der Waals surface area (Å²) in [6.45, 7) is 3.44. The van der Waals surface area contributed by atoms with E-state index >= 15 is 0 Å². The third-order valence-corrected chi connectivity index (χ3v) is 0. The Kier molecular flexibility index (Phi) is 13.9. The molecule has 0 aliphatic heterocycles. The quantitative estimate of drug-likeness (QED) is 0.469. The molecular formula is C4H12ClNO. The van der Waals surface area contributed by atoms with Gasteiger partial charge in [-0.3, -0.25) is 0 Å². The van der Waals surface area contributed by atoms with E-state index in [0.717, 1.165) is 0 Å². The molecule has 0 amide bonds. The van der Waals surface area contributed by atoms with E-state index in [9.17, 15) is 0 Å². The monoisotopic (exact) mass is 125 g/mol. The third kappa shape index (κ3) is 2500. The molecule has 46 valence electrons. The summed E-state index contributed by atoms with van der Waals surface area (Å²) in [7, 11) is 1.64. The molecule has 0 aliphatic rings. The van der Waals surface area contributed by atoms with Gasteiger partial charge >= 0.3 is 0 Å². The Morgan fingerprint density at radius 2 is 1.57 bits per heavy atom. The Balaban J connectivity index is 0. The van der Waals surface area contributed by atoms with Crippen molar-refractivity contribution in [2.24, 2.45) is 0 Å². The van der Waals surface area contributed by atoms with Crippen LogP contribution in [0.4, 0.5) is 0 Å². The summed E-state index contributed by atoms with van der Waals surface area (Å²) in [5.74, 6) is 0. The van der Waals surface area contributed by atoms with Crippen LogP contribution in [0.2, 0.25) is 0 Å². The SMILES string of the molecule is CC(C)O.CNCl. The fourth-order valence-corrected chi connectivity index (χ4v) is 0. The molecule has 3 heteroatoms. The fourth-order valence-electron chi connectivity index (χ4n) is 0. The van der Waals surface area contributed by atoms with Crippen LogP contribution in [-0.4, -0.2) is 18.3 Å². The van der Waals surface area contributed by atoms with Crippen LogP contribution < -0.4 is 4.84 Å². The molecule has 0 saturated carbocycles. The number of aliphatic hydroxyl groups excluding tert-OH is 1. The predicted octanol–water partition coefficient (Wildman–Crippen LogP) is 0.747. The van der Waals surface area contributed by atoms with E-state index in [1.165, 1.54) is 0 Å². The van der Waals surface area contributed by atoms with Crippen LogP contribution in [0.1, 0.15) is 13.8 Å². The van der Waals surface area contributed by atoms with Crippen LogP contribution in [0, 0.1) is 0 Å². The van der Waals surface area contributed by atoms with Gasteiger partial charge in [-0.05, 0) is 32.7 Å². The fraction of sp³-hybridized carbons (Fsp3) is 1.00. The molecule has 0 aromatic rings. The van der Waals surface area contributed by atoms with Crippen molar-refractivity contribution in [1.29, 1.82) is 0 Å². The smallest absolute Gasteiger partial charge is 0.0483 e. The summed E-state index contributed by atoms with van der Waals surface area (Å²) in [6.07, 6.45) is -0.167. The van der Waals surface area contributed by atoms with Gasteiger partial charge in [0.2, 0.25) is 0 Å². The molecule has 0 spiro atoms. The topological polar surface area (TPSA) is 32.3 Å². The zero-order valence-corrected chi connectivity index (χ0v) is 5.66. The first-order valence-electron chi connectivity index (χ1n) is 2.10. The Morgan fingerprint density at radius 1 is 1.57 bits per heavy atom. The Bertz CT molecular complexity index is 22.9. The van der Waals surface area contributed by atoms with Gasteiger partial charge in [0.15, 0.2) is 0 Å². The number of aliphatic hydroxyl groups is 1. The van der Waals surface area contributed by atoms with Crippen LogP contribution >= 0.6 is 11.8 Å². The lowest BCUT2D eigenvalue weighted by Crippen LogP contribution is -1.85. The molecule has 0 fully saturated rings. The number of rotatable bonds is 0. The van der Waals surface area contributed by atoms with Gasteiger partial charge in [0, 0.05) is 6.10 Å². The Morgan fingerprint density at radius 3 is 1.57 bits per heavy atom. The second kappa shape index (κ2) is 9.51. The van der Waals surface area contributed by atoms with Gasteiger partial charge in [-0.25, -0.2) is 4.84 Å². The van der Waals surface area contributed by atoms with Gasteiger partial charge in [0.25, 0.3) is 0 Å².